The van der Waals surface area contributed by atoms with Crippen molar-refractivity contribution in [2.75, 3.05) is 14.2 Å². The van der Waals surface area contributed by atoms with Crippen LogP contribution in [0, 0.1) is 6.92 Å². The molecule has 0 atom stereocenters. The summed E-state index contributed by atoms with van der Waals surface area (Å²) in [4.78, 5) is 11.3. The van der Waals surface area contributed by atoms with E-state index in [1.54, 1.807) is 7.11 Å². The topological polar surface area (TPSA) is 38.2 Å². The zero-order chi connectivity index (χ0) is 16.2. The van der Waals surface area contributed by atoms with Crippen molar-refractivity contribution in [3.63, 3.8) is 0 Å². The van der Waals surface area contributed by atoms with Crippen LogP contribution in [0.25, 0.3) is 10.9 Å². The molecule has 0 fully saturated rings. The first-order valence-corrected chi connectivity index (χ1v) is 7.68. The lowest BCUT2D eigenvalue weighted by atomic mass is 10.1. The quantitative estimate of drug-likeness (QED) is 0.722. The number of aryl methyl sites for hydroxylation is 1. The minimum atomic E-state index is 0.765. The van der Waals surface area contributed by atoms with Crippen LogP contribution in [0.4, 0.5) is 0 Å². The number of pyridine rings is 2. The largest absolute Gasteiger partial charge is 0.497 e. The number of ether oxygens (including phenoxy) is 1. The molecule has 0 radical (unpaired) electrons. The summed E-state index contributed by atoms with van der Waals surface area (Å²) < 4.78 is 5.32. The normalized spacial score (nSPS) is 11.1. The summed E-state index contributed by atoms with van der Waals surface area (Å²) in [6, 6.07) is 14.3. The van der Waals surface area contributed by atoms with Gasteiger partial charge in [0.2, 0.25) is 0 Å². The van der Waals surface area contributed by atoms with E-state index in [1.807, 2.05) is 31.3 Å². The van der Waals surface area contributed by atoms with Crippen LogP contribution in [0.3, 0.4) is 0 Å². The molecule has 0 amide bonds. The summed E-state index contributed by atoms with van der Waals surface area (Å²) >= 11 is 0. The van der Waals surface area contributed by atoms with Crippen LogP contribution in [0.5, 0.6) is 5.75 Å². The molecule has 3 aromatic rings. The summed E-state index contributed by atoms with van der Waals surface area (Å²) in [6.07, 6.45) is 1.85. The van der Waals surface area contributed by atoms with Gasteiger partial charge in [0.05, 0.1) is 18.3 Å². The van der Waals surface area contributed by atoms with E-state index in [9.17, 15) is 0 Å². The average Bonchev–Trinajstić information content (AvgIpc) is 2.54. The Morgan fingerprint density at radius 1 is 1.09 bits per heavy atom. The maximum absolute atomic E-state index is 5.32. The maximum Gasteiger partial charge on any atom is 0.122 e. The smallest absolute Gasteiger partial charge is 0.122 e. The van der Waals surface area contributed by atoms with Crippen molar-refractivity contribution in [1.82, 2.24) is 14.9 Å². The molecule has 0 aliphatic rings. The highest BCUT2D eigenvalue weighted by atomic mass is 16.5. The Morgan fingerprint density at radius 2 is 1.91 bits per heavy atom. The van der Waals surface area contributed by atoms with Gasteiger partial charge in [-0.1, -0.05) is 24.3 Å². The molecule has 118 valence electrons. The number of benzene rings is 1. The van der Waals surface area contributed by atoms with Gasteiger partial charge in [-0.3, -0.25) is 14.9 Å². The number of para-hydroxylation sites is 1. The Balaban J connectivity index is 1.79. The highest BCUT2D eigenvalue weighted by Gasteiger charge is 2.08. The lowest BCUT2D eigenvalue weighted by molar-refractivity contribution is 0.314. The monoisotopic (exact) mass is 307 g/mol. The van der Waals surface area contributed by atoms with Crippen LogP contribution >= 0.6 is 0 Å². The average molecular weight is 307 g/mol. The molecule has 2 aromatic heterocycles. The van der Waals surface area contributed by atoms with Crippen LogP contribution in [0.1, 0.15) is 17.0 Å². The van der Waals surface area contributed by atoms with Crippen LogP contribution in [0.2, 0.25) is 0 Å². The third kappa shape index (κ3) is 3.66. The molecule has 0 saturated heterocycles. The van der Waals surface area contributed by atoms with E-state index >= 15 is 0 Å². The zero-order valence-electron chi connectivity index (χ0n) is 13.8. The summed E-state index contributed by atoms with van der Waals surface area (Å²) in [7, 11) is 3.78. The van der Waals surface area contributed by atoms with Crippen molar-refractivity contribution in [1.29, 1.82) is 0 Å². The molecule has 0 aliphatic heterocycles. The number of nitrogens with zero attached hydrogens (tertiary/aromatic N) is 3. The molecular weight excluding hydrogens is 286 g/mol. The summed E-state index contributed by atoms with van der Waals surface area (Å²) in [5, 5.41) is 1.17. The SMILES string of the molecule is COc1cc(C)nc(CN(C)Cc2cccc3cccnc23)c1. The Labute approximate surface area is 136 Å². The third-order valence-electron chi connectivity index (χ3n) is 3.80. The third-order valence-corrected chi connectivity index (χ3v) is 3.80. The Morgan fingerprint density at radius 3 is 2.74 bits per heavy atom. The van der Waals surface area contributed by atoms with E-state index in [0.717, 1.165) is 35.7 Å². The molecule has 4 heteroatoms. The molecule has 23 heavy (non-hydrogen) atoms. The Kier molecular flexibility index (Phi) is 4.53. The van der Waals surface area contributed by atoms with E-state index in [-0.39, 0.29) is 0 Å². The minimum absolute atomic E-state index is 0.765. The van der Waals surface area contributed by atoms with Gasteiger partial charge in [-0.15, -0.1) is 0 Å². The highest BCUT2D eigenvalue weighted by Crippen LogP contribution is 2.19. The van der Waals surface area contributed by atoms with E-state index in [1.165, 1.54) is 10.9 Å². The fourth-order valence-corrected chi connectivity index (χ4v) is 2.82. The molecule has 4 nitrogen and oxygen atoms in total. The maximum atomic E-state index is 5.32. The van der Waals surface area contributed by atoms with E-state index in [4.69, 9.17) is 4.74 Å². The van der Waals surface area contributed by atoms with Gasteiger partial charge in [-0.25, -0.2) is 0 Å². The van der Waals surface area contributed by atoms with Gasteiger partial charge in [0.1, 0.15) is 5.75 Å². The molecule has 0 bridgehead atoms. The van der Waals surface area contributed by atoms with Crippen LogP contribution in [0.15, 0.2) is 48.7 Å². The molecular formula is C19H21N3O. The zero-order valence-corrected chi connectivity index (χ0v) is 13.8. The summed E-state index contributed by atoms with van der Waals surface area (Å²) in [5.41, 5.74) is 4.28. The van der Waals surface area contributed by atoms with Gasteiger partial charge in [0.15, 0.2) is 0 Å². The van der Waals surface area contributed by atoms with Crippen LogP contribution in [-0.2, 0) is 13.1 Å². The number of hydrogen-bond acceptors (Lipinski definition) is 4. The lowest BCUT2D eigenvalue weighted by Gasteiger charge is -2.18. The van der Waals surface area contributed by atoms with E-state index < -0.39 is 0 Å². The van der Waals surface area contributed by atoms with Gasteiger partial charge in [-0.2, -0.15) is 0 Å². The first-order valence-electron chi connectivity index (χ1n) is 7.68. The van der Waals surface area contributed by atoms with Gasteiger partial charge >= 0.3 is 0 Å². The standard InChI is InChI=1S/C19H21N3O/c1-14-10-18(23-3)11-17(21-14)13-22(2)12-16-7-4-6-15-8-5-9-20-19(15)16/h4-11H,12-13H2,1-3H3. The molecule has 1 aromatic carbocycles. The molecule has 0 spiro atoms. The van der Waals surface area contributed by atoms with Crippen molar-refractivity contribution in [3.05, 3.63) is 65.6 Å². The van der Waals surface area contributed by atoms with Crippen molar-refractivity contribution in [3.8, 4) is 5.75 Å². The van der Waals surface area contributed by atoms with E-state index in [0.29, 0.717) is 0 Å². The number of fused-ring (bicyclic) bond motifs is 1. The highest BCUT2D eigenvalue weighted by molar-refractivity contribution is 5.81. The van der Waals surface area contributed by atoms with Gasteiger partial charge in [0.25, 0.3) is 0 Å². The van der Waals surface area contributed by atoms with Crippen LogP contribution < -0.4 is 4.74 Å². The molecule has 0 unspecified atom stereocenters. The van der Waals surface area contributed by atoms with E-state index in [2.05, 4.69) is 46.2 Å². The van der Waals surface area contributed by atoms with Gasteiger partial charge in [-0.05, 0) is 25.6 Å². The van der Waals surface area contributed by atoms with Crippen molar-refractivity contribution >= 4 is 10.9 Å². The summed E-state index contributed by atoms with van der Waals surface area (Å²) in [5.74, 6) is 0.854. The van der Waals surface area contributed by atoms with Crippen molar-refractivity contribution in [2.45, 2.75) is 20.0 Å². The number of hydrogen-bond donors (Lipinski definition) is 0. The second-order valence-corrected chi connectivity index (χ2v) is 5.80. The Bertz CT molecular complexity index is 811. The first-order chi connectivity index (χ1) is 11.2. The molecule has 0 N–H and O–H groups in total. The second-order valence-electron chi connectivity index (χ2n) is 5.80. The predicted molar refractivity (Wildman–Crippen MR) is 92.4 cm³/mol. The van der Waals surface area contributed by atoms with Crippen LogP contribution in [-0.4, -0.2) is 29.0 Å². The number of rotatable bonds is 5. The Hall–Kier alpha value is -2.46. The molecule has 0 saturated carbocycles. The van der Waals surface area contributed by atoms with Gasteiger partial charge < -0.3 is 4.74 Å². The minimum Gasteiger partial charge on any atom is -0.497 e. The fourth-order valence-electron chi connectivity index (χ4n) is 2.82. The predicted octanol–water partition coefficient (Wildman–Crippen LogP) is 3.58. The van der Waals surface area contributed by atoms with Gasteiger partial charge in [0, 0.05) is 42.5 Å². The van der Waals surface area contributed by atoms with Crippen molar-refractivity contribution < 1.29 is 4.74 Å². The fraction of sp³-hybridized carbons (Fsp3) is 0.263. The first kappa shape index (κ1) is 15.4. The second kappa shape index (κ2) is 6.75. The number of methoxy groups -OCH3 is 1. The number of aromatic nitrogens is 2. The summed E-state index contributed by atoms with van der Waals surface area (Å²) in [6.45, 7) is 3.58. The lowest BCUT2D eigenvalue weighted by Crippen LogP contribution is -2.18. The molecule has 2 heterocycles. The molecule has 3 rings (SSSR count). The van der Waals surface area contributed by atoms with Crippen molar-refractivity contribution in [2.24, 2.45) is 0 Å². The molecule has 0 aliphatic carbocycles.